The van der Waals surface area contributed by atoms with Crippen molar-refractivity contribution in [3.63, 3.8) is 0 Å². The summed E-state index contributed by atoms with van der Waals surface area (Å²) in [5.41, 5.74) is 3.77. The van der Waals surface area contributed by atoms with Crippen molar-refractivity contribution in [2.45, 2.75) is 64.8 Å². The first-order valence-electron chi connectivity index (χ1n) is 10.2. The topological polar surface area (TPSA) is 75.3 Å². The van der Waals surface area contributed by atoms with Crippen LogP contribution < -0.4 is 10.0 Å². The molecular weight excluding hydrogens is 384 g/mol. The van der Waals surface area contributed by atoms with Crippen molar-refractivity contribution >= 4 is 15.9 Å². The number of aryl methyl sites for hydroxylation is 1. The van der Waals surface area contributed by atoms with E-state index >= 15 is 0 Å². The molecule has 29 heavy (non-hydrogen) atoms. The number of hydrogen-bond donors (Lipinski definition) is 2. The fourth-order valence-corrected chi connectivity index (χ4v) is 4.62. The second kappa shape index (κ2) is 11.1. The Morgan fingerprint density at radius 2 is 1.59 bits per heavy atom. The highest BCUT2D eigenvalue weighted by Gasteiger charge is 2.15. The lowest BCUT2D eigenvalue weighted by atomic mass is 10.0. The average molecular weight is 417 g/mol. The lowest BCUT2D eigenvalue weighted by molar-refractivity contribution is -0.120. The number of amides is 1. The van der Waals surface area contributed by atoms with Crippen molar-refractivity contribution in [2.75, 3.05) is 0 Å². The lowest BCUT2D eigenvalue weighted by Gasteiger charge is -2.13. The van der Waals surface area contributed by atoms with Crippen LogP contribution in [0.2, 0.25) is 0 Å². The van der Waals surface area contributed by atoms with Crippen molar-refractivity contribution in [1.82, 2.24) is 10.0 Å². The third-order valence-corrected chi connectivity index (χ3v) is 6.08. The molecule has 0 heterocycles. The Labute approximate surface area is 175 Å². The van der Waals surface area contributed by atoms with Gasteiger partial charge in [-0.15, -0.1) is 0 Å². The van der Waals surface area contributed by atoms with Gasteiger partial charge in [-0.3, -0.25) is 4.79 Å². The number of rotatable bonds is 11. The molecule has 0 aliphatic heterocycles. The highest BCUT2D eigenvalue weighted by atomic mass is 32.2. The van der Waals surface area contributed by atoms with Gasteiger partial charge in [0.15, 0.2) is 0 Å². The van der Waals surface area contributed by atoms with E-state index in [0.29, 0.717) is 18.5 Å². The molecule has 0 saturated carbocycles. The molecular formula is C23H32N2O3S. The first-order chi connectivity index (χ1) is 13.8. The fraction of sp³-hybridized carbons (Fsp3) is 0.435. The number of nitrogens with one attached hydrogen (secondary N) is 2. The summed E-state index contributed by atoms with van der Waals surface area (Å²) in [6.07, 6.45) is 3.71. The van der Waals surface area contributed by atoms with Gasteiger partial charge in [-0.2, -0.15) is 0 Å². The van der Waals surface area contributed by atoms with Gasteiger partial charge >= 0.3 is 0 Å². The van der Waals surface area contributed by atoms with E-state index in [-0.39, 0.29) is 17.7 Å². The van der Waals surface area contributed by atoms with E-state index in [1.165, 1.54) is 18.4 Å². The van der Waals surface area contributed by atoms with Crippen LogP contribution >= 0.6 is 0 Å². The Kier molecular flexibility index (Phi) is 8.86. The maximum atomic E-state index is 12.3. The van der Waals surface area contributed by atoms with Gasteiger partial charge in [0.1, 0.15) is 0 Å². The zero-order valence-electron chi connectivity index (χ0n) is 17.6. The molecule has 6 heteroatoms. The fourth-order valence-electron chi connectivity index (χ4n) is 3.12. The Morgan fingerprint density at radius 1 is 0.966 bits per heavy atom. The van der Waals surface area contributed by atoms with Crippen molar-refractivity contribution in [3.8, 4) is 0 Å². The minimum absolute atomic E-state index is 0.0794. The van der Waals surface area contributed by atoms with E-state index in [2.05, 4.69) is 29.1 Å². The van der Waals surface area contributed by atoms with Gasteiger partial charge in [0, 0.05) is 12.6 Å². The maximum absolute atomic E-state index is 12.3. The van der Waals surface area contributed by atoms with Crippen LogP contribution in [-0.4, -0.2) is 20.4 Å². The van der Waals surface area contributed by atoms with Crippen molar-refractivity contribution in [3.05, 3.63) is 70.8 Å². The first kappa shape index (κ1) is 23.1. The van der Waals surface area contributed by atoms with Crippen molar-refractivity contribution in [1.29, 1.82) is 0 Å². The van der Waals surface area contributed by atoms with E-state index in [4.69, 9.17) is 0 Å². The number of unbranched alkanes of at least 4 members (excludes halogenated alkanes) is 1. The number of hydrogen-bond acceptors (Lipinski definition) is 3. The van der Waals surface area contributed by atoms with Gasteiger partial charge in [-0.05, 0) is 48.9 Å². The SMILES string of the molecule is CCCCc1ccc(CC(=O)NCc2ccccc2CS(=O)(=O)NC(C)C)cc1. The highest BCUT2D eigenvalue weighted by Crippen LogP contribution is 2.13. The summed E-state index contributed by atoms with van der Waals surface area (Å²) in [6.45, 7) is 6.06. The molecule has 2 N–H and O–H groups in total. The standard InChI is InChI=1S/C23H32N2O3S/c1-4-5-8-19-11-13-20(14-12-19)15-23(26)24-16-21-9-6-7-10-22(21)17-29(27,28)25-18(2)3/h6-7,9-14,18,25H,4-5,8,15-17H2,1-3H3,(H,24,26). The van der Waals surface area contributed by atoms with Gasteiger partial charge in [-0.25, -0.2) is 13.1 Å². The molecule has 0 atom stereocenters. The van der Waals surface area contributed by atoms with E-state index < -0.39 is 10.0 Å². The van der Waals surface area contributed by atoms with Crippen LogP contribution in [-0.2, 0) is 40.0 Å². The predicted octanol–water partition coefficient (Wildman–Crippen LogP) is 3.72. The molecule has 0 radical (unpaired) electrons. The van der Waals surface area contributed by atoms with Crippen LogP contribution in [0.25, 0.3) is 0 Å². The number of benzene rings is 2. The van der Waals surface area contributed by atoms with Crippen LogP contribution in [0, 0.1) is 0 Å². The summed E-state index contributed by atoms with van der Waals surface area (Å²) in [5, 5.41) is 2.91. The van der Waals surface area contributed by atoms with Crippen molar-refractivity contribution < 1.29 is 13.2 Å². The Balaban J connectivity index is 1.93. The molecule has 2 aromatic rings. The summed E-state index contributed by atoms with van der Waals surface area (Å²) < 4.78 is 27.1. The second-order valence-electron chi connectivity index (χ2n) is 7.67. The van der Waals surface area contributed by atoms with Gasteiger partial charge in [0.25, 0.3) is 0 Å². The maximum Gasteiger partial charge on any atom is 0.224 e. The zero-order chi connectivity index (χ0) is 21.3. The molecule has 2 aromatic carbocycles. The summed E-state index contributed by atoms with van der Waals surface area (Å²) in [4.78, 5) is 12.3. The van der Waals surface area contributed by atoms with Crippen LogP contribution in [0.15, 0.2) is 48.5 Å². The van der Waals surface area contributed by atoms with Gasteiger partial charge < -0.3 is 5.32 Å². The van der Waals surface area contributed by atoms with Crippen molar-refractivity contribution in [2.24, 2.45) is 0 Å². The summed E-state index contributed by atoms with van der Waals surface area (Å²) in [5.74, 6) is -0.180. The number of carbonyl (C=O) groups excluding carboxylic acids is 1. The molecule has 0 bridgehead atoms. The molecule has 5 nitrogen and oxygen atoms in total. The third kappa shape index (κ3) is 8.38. The largest absolute Gasteiger partial charge is 0.352 e. The van der Waals surface area contributed by atoms with E-state index in [0.717, 1.165) is 17.5 Å². The Hall–Kier alpha value is -2.18. The molecule has 0 aromatic heterocycles. The molecule has 0 spiro atoms. The van der Waals surface area contributed by atoms with E-state index in [1.807, 2.05) is 30.3 Å². The number of sulfonamides is 1. The molecule has 2 rings (SSSR count). The van der Waals surface area contributed by atoms with Crippen LogP contribution in [0.4, 0.5) is 0 Å². The molecule has 0 aliphatic carbocycles. The molecule has 0 fully saturated rings. The smallest absolute Gasteiger partial charge is 0.224 e. The quantitative estimate of drug-likeness (QED) is 0.586. The zero-order valence-corrected chi connectivity index (χ0v) is 18.4. The molecule has 0 aliphatic rings. The summed E-state index contributed by atoms with van der Waals surface area (Å²) in [7, 11) is -3.42. The molecule has 0 saturated heterocycles. The Bertz CT molecular complexity index is 891. The van der Waals surface area contributed by atoms with Gasteiger partial charge in [-0.1, -0.05) is 61.9 Å². The third-order valence-electron chi connectivity index (χ3n) is 4.56. The monoisotopic (exact) mass is 416 g/mol. The van der Waals surface area contributed by atoms with Crippen LogP contribution in [0.3, 0.4) is 0 Å². The van der Waals surface area contributed by atoms with Gasteiger partial charge in [0.2, 0.25) is 15.9 Å². The van der Waals surface area contributed by atoms with Gasteiger partial charge in [0.05, 0.1) is 12.2 Å². The van der Waals surface area contributed by atoms with Crippen LogP contribution in [0.1, 0.15) is 55.9 Å². The number of carbonyl (C=O) groups is 1. The first-order valence-corrected chi connectivity index (χ1v) is 11.9. The summed E-state index contributed by atoms with van der Waals surface area (Å²) in [6, 6.07) is 15.3. The minimum Gasteiger partial charge on any atom is -0.352 e. The lowest BCUT2D eigenvalue weighted by Crippen LogP contribution is -2.32. The Morgan fingerprint density at radius 3 is 2.21 bits per heavy atom. The highest BCUT2D eigenvalue weighted by molar-refractivity contribution is 7.88. The minimum atomic E-state index is -3.42. The normalized spacial score (nSPS) is 11.6. The van der Waals surface area contributed by atoms with Crippen LogP contribution in [0.5, 0.6) is 0 Å². The van der Waals surface area contributed by atoms with E-state index in [9.17, 15) is 13.2 Å². The molecule has 158 valence electrons. The average Bonchev–Trinajstić information content (AvgIpc) is 2.65. The summed E-state index contributed by atoms with van der Waals surface area (Å²) >= 11 is 0. The predicted molar refractivity (Wildman–Crippen MR) is 118 cm³/mol. The second-order valence-corrected chi connectivity index (χ2v) is 9.43. The van der Waals surface area contributed by atoms with E-state index in [1.54, 1.807) is 19.9 Å². The molecule has 0 unspecified atom stereocenters. The molecule has 1 amide bonds.